The highest BCUT2D eigenvalue weighted by Crippen LogP contribution is 2.25. The van der Waals surface area contributed by atoms with Gasteiger partial charge in [-0.1, -0.05) is 12.1 Å². The van der Waals surface area contributed by atoms with Crippen molar-refractivity contribution in [2.24, 2.45) is 10.9 Å². The molecule has 0 spiro atoms. The molecule has 5 heteroatoms. The van der Waals surface area contributed by atoms with Crippen LogP contribution in [0.3, 0.4) is 0 Å². The fourth-order valence-corrected chi connectivity index (χ4v) is 1.92. The van der Waals surface area contributed by atoms with E-state index in [2.05, 4.69) is 10.1 Å². The molecule has 100 valence electrons. The van der Waals surface area contributed by atoms with Gasteiger partial charge in [0, 0.05) is 13.0 Å². The summed E-state index contributed by atoms with van der Waals surface area (Å²) in [5.41, 5.74) is 1.44. The Hall–Kier alpha value is -1.36. The van der Waals surface area contributed by atoms with Gasteiger partial charge in [0.2, 0.25) is 5.90 Å². The third-order valence-corrected chi connectivity index (χ3v) is 2.96. The third kappa shape index (κ3) is 2.56. The number of aromatic nitrogens is 1. The molecule has 1 aromatic heterocycles. The molecule has 2 rings (SSSR count). The van der Waals surface area contributed by atoms with Gasteiger partial charge in [0.25, 0.3) is 0 Å². The molecule has 1 atom stereocenters. The van der Waals surface area contributed by atoms with E-state index in [-0.39, 0.29) is 18.1 Å². The van der Waals surface area contributed by atoms with Gasteiger partial charge in [-0.2, -0.15) is 0 Å². The van der Waals surface area contributed by atoms with Crippen LogP contribution >= 0.6 is 0 Å². The first-order chi connectivity index (χ1) is 8.43. The Balaban J connectivity index is 2.30. The molecule has 2 heterocycles. The summed E-state index contributed by atoms with van der Waals surface area (Å²) in [6, 6.07) is 0. The number of aryl methyl sites for hydroxylation is 1. The molecule has 1 aromatic rings. The van der Waals surface area contributed by atoms with Crippen molar-refractivity contribution < 1.29 is 14.4 Å². The fourth-order valence-electron chi connectivity index (χ4n) is 1.92. The van der Waals surface area contributed by atoms with E-state index in [1.54, 1.807) is 0 Å². The minimum Gasteiger partial charge on any atom is -0.475 e. The SMILES string of the molecule is Cc1noc(CC(C)CO)c1C1=NC(C)(C)CO1. The van der Waals surface area contributed by atoms with E-state index in [1.165, 1.54) is 0 Å². The van der Waals surface area contributed by atoms with Crippen LogP contribution in [0.25, 0.3) is 0 Å². The summed E-state index contributed by atoms with van der Waals surface area (Å²) in [5, 5.41) is 13.1. The van der Waals surface area contributed by atoms with E-state index in [1.807, 2.05) is 27.7 Å². The Morgan fingerprint density at radius 1 is 1.44 bits per heavy atom. The number of nitrogens with zero attached hydrogens (tertiary/aromatic N) is 2. The maximum absolute atomic E-state index is 9.12. The Morgan fingerprint density at radius 2 is 2.17 bits per heavy atom. The number of rotatable bonds is 4. The first kappa shape index (κ1) is 13.1. The second-order valence-corrected chi connectivity index (χ2v) is 5.58. The molecular weight excluding hydrogens is 232 g/mol. The summed E-state index contributed by atoms with van der Waals surface area (Å²) < 4.78 is 11.0. The molecule has 0 radical (unpaired) electrons. The van der Waals surface area contributed by atoms with Gasteiger partial charge in [-0.05, 0) is 26.7 Å². The number of aliphatic hydroxyl groups excluding tert-OH is 1. The lowest BCUT2D eigenvalue weighted by Crippen LogP contribution is -2.17. The van der Waals surface area contributed by atoms with E-state index in [0.717, 1.165) is 17.0 Å². The van der Waals surface area contributed by atoms with Crippen LogP contribution < -0.4 is 0 Å². The molecule has 0 aliphatic carbocycles. The summed E-state index contributed by atoms with van der Waals surface area (Å²) in [4.78, 5) is 4.55. The lowest BCUT2D eigenvalue weighted by molar-refractivity contribution is 0.227. The van der Waals surface area contributed by atoms with Crippen molar-refractivity contribution in [3.63, 3.8) is 0 Å². The lowest BCUT2D eigenvalue weighted by Gasteiger charge is -2.07. The molecular formula is C13H20N2O3. The van der Waals surface area contributed by atoms with E-state index in [4.69, 9.17) is 14.4 Å². The predicted molar refractivity (Wildman–Crippen MR) is 67.8 cm³/mol. The molecule has 0 saturated carbocycles. The Bertz CT molecular complexity index is 463. The first-order valence-electron chi connectivity index (χ1n) is 6.22. The third-order valence-electron chi connectivity index (χ3n) is 2.96. The van der Waals surface area contributed by atoms with Gasteiger partial charge in [0.1, 0.15) is 17.9 Å². The Morgan fingerprint density at radius 3 is 2.72 bits per heavy atom. The van der Waals surface area contributed by atoms with Crippen molar-refractivity contribution in [2.45, 2.75) is 39.7 Å². The highest BCUT2D eigenvalue weighted by molar-refractivity contribution is 5.97. The van der Waals surface area contributed by atoms with Gasteiger partial charge in [0.15, 0.2) is 0 Å². The van der Waals surface area contributed by atoms with Crippen molar-refractivity contribution in [1.29, 1.82) is 0 Å². The number of hydrogen-bond acceptors (Lipinski definition) is 5. The maximum Gasteiger partial charge on any atom is 0.222 e. The normalized spacial score (nSPS) is 19.5. The second kappa shape index (κ2) is 4.72. The maximum atomic E-state index is 9.12. The summed E-state index contributed by atoms with van der Waals surface area (Å²) >= 11 is 0. The second-order valence-electron chi connectivity index (χ2n) is 5.58. The molecule has 5 nitrogen and oxygen atoms in total. The van der Waals surface area contributed by atoms with E-state index in [0.29, 0.717) is 18.9 Å². The minimum atomic E-state index is -0.196. The summed E-state index contributed by atoms with van der Waals surface area (Å²) in [6.45, 7) is 8.59. The average Bonchev–Trinajstić information content (AvgIpc) is 2.82. The van der Waals surface area contributed by atoms with Gasteiger partial charge in [-0.15, -0.1) is 0 Å². The molecule has 1 aliphatic heterocycles. The summed E-state index contributed by atoms with van der Waals surface area (Å²) in [7, 11) is 0. The minimum absolute atomic E-state index is 0.123. The zero-order valence-corrected chi connectivity index (χ0v) is 11.4. The van der Waals surface area contributed by atoms with Crippen LogP contribution in [0.2, 0.25) is 0 Å². The molecule has 0 aromatic carbocycles. The molecule has 0 amide bonds. The van der Waals surface area contributed by atoms with Gasteiger partial charge in [-0.25, -0.2) is 4.99 Å². The van der Waals surface area contributed by atoms with Gasteiger partial charge < -0.3 is 14.4 Å². The summed E-state index contributed by atoms with van der Waals surface area (Å²) in [5.74, 6) is 1.48. The summed E-state index contributed by atoms with van der Waals surface area (Å²) in [6.07, 6.45) is 0.634. The highest BCUT2D eigenvalue weighted by Gasteiger charge is 2.31. The fraction of sp³-hybridized carbons (Fsp3) is 0.692. The van der Waals surface area contributed by atoms with Crippen LogP contribution in [0.1, 0.15) is 37.8 Å². The van der Waals surface area contributed by atoms with E-state index in [9.17, 15) is 0 Å². The first-order valence-corrected chi connectivity index (χ1v) is 6.22. The van der Waals surface area contributed by atoms with Gasteiger partial charge in [-0.3, -0.25) is 0 Å². The molecule has 0 bridgehead atoms. The highest BCUT2D eigenvalue weighted by atomic mass is 16.5. The van der Waals surface area contributed by atoms with E-state index < -0.39 is 0 Å². The van der Waals surface area contributed by atoms with Crippen LogP contribution in [0.4, 0.5) is 0 Å². The van der Waals surface area contributed by atoms with Crippen LogP contribution in [0, 0.1) is 12.8 Å². The van der Waals surface area contributed by atoms with Crippen molar-refractivity contribution in [2.75, 3.05) is 13.2 Å². The smallest absolute Gasteiger partial charge is 0.222 e. The molecule has 1 N–H and O–H groups in total. The van der Waals surface area contributed by atoms with Crippen LogP contribution in [0.15, 0.2) is 9.52 Å². The molecule has 1 unspecified atom stereocenters. The quantitative estimate of drug-likeness (QED) is 0.885. The number of aliphatic imine (C=N–C) groups is 1. The van der Waals surface area contributed by atoms with Crippen LogP contribution in [0.5, 0.6) is 0 Å². The number of ether oxygens (including phenoxy) is 1. The van der Waals surface area contributed by atoms with Gasteiger partial charge in [0.05, 0.1) is 11.2 Å². The predicted octanol–water partition coefficient (Wildman–Crippen LogP) is 1.71. The van der Waals surface area contributed by atoms with Gasteiger partial charge >= 0.3 is 0 Å². The monoisotopic (exact) mass is 252 g/mol. The van der Waals surface area contributed by atoms with Crippen LogP contribution in [-0.2, 0) is 11.2 Å². The average molecular weight is 252 g/mol. The topological polar surface area (TPSA) is 67.9 Å². The molecule has 18 heavy (non-hydrogen) atoms. The van der Waals surface area contributed by atoms with Crippen molar-refractivity contribution in [3.05, 3.63) is 17.0 Å². The molecule has 1 aliphatic rings. The lowest BCUT2D eigenvalue weighted by atomic mass is 10.0. The Labute approximate surface area is 107 Å². The largest absolute Gasteiger partial charge is 0.475 e. The molecule has 0 fully saturated rings. The standard InChI is InChI=1S/C13H20N2O3/c1-8(6-16)5-10-11(9(2)15-18-10)12-14-13(3,4)7-17-12/h8,16H,5-7H2,1-4H3. The van der Waals surface area contributed by atoms with Crippen molar-refractivity contribution >= 4 is 5.90 Å². The number of aliphatic hydroxyl groups is 1. The zero-order chi connectivity index (χ0) is 13.3. The Kier molecular flexibility index (Phi) is 3.43. The number of hydrogen-bond donors (Lipinski definition) is 1. The van der Waals surface area contributed by atoms with Crippen molar-refractivity contribution in [1.82, 2.24) is 5.16 Å². The van der Waals surface area contributed by atoms with Crippen molar-refractivity contribution in [3.8, 4) is 0 Å². The molecule has 0 saturated heterocycles. The zero-order valence-electron chi connectivity index (χ0n) is 11.4. The van der Waals surface area contributed by atoms with E-state index >= 15 is 0 Å². The van der Waals surface area contributed by atoms with Crippen LogP contribution in [-0.4, -0.2) is 34.9 Å².